The van der Waals surface area contributed by atoms with E-state index in [-0.39, 0.29) is 12.3 Å². The van der Waals surface area contributed by atoms with Crippen molar-refractivity contribution in [2.45, 2.75) is 13.3 Å². The first-order valence-electron chi connectivity index (χ1n) is 8.38. The molecule has 2 aromatic carbocycles. The Hall–Kier alpha value is -3.41. The number of oxazole rings is 1. The van der Waals surface area contributed by atoms with Gasteiger partial charge in [-0.3, -0.25) is 0 Å². The van der Waals surface area contributed by atoms with Gasteiger partial charge in [0.05, 0.1) is 19.4 Å². The normalized spacial score (nSPS) is 11.0. The first-order valence-corrected chi connectivity index (χ1v) is 8.38. The number of benzene rings is 2. The van der Waals surface area contributed by atoms with Crippen LogP contribution in [0.3, 0.4) is 0 Å². The fourth-order valence-electron chi connectivity index (χ4n) is 2.93. The average Bonchev–Trinajstić information content (AvgIpc) is 3.32. The van der Waals surface area contributed by atoms with Gasteiger partial charge < -0.3 is 14.1 Å². The Morgan fingerprint density at radius 2 is 2.04 bits per heavy atom. The van der Waals surface area contributed by atoms with Gasteiger partial charge in [0.15, 0.2) is 11.5 Å². The van der Waals surface area contributed by atoms with Crippen molar-refractivity contribution < 1.29 is 13.9 Å². The number of hydrogen-bond donors (Lipinski definition) is 1. The molecule has 0 spiro atoms. The van der Waals surface area contributed by atoms with Gasteiger partial charge in [0.1, 0.15) is 0 Å². The zero-order valence-electron chi connectivity index (χ0n) is 14.2. The summed E-state index contributed by atoms with van der Waals surface area (Å²) in [5, 5.41) is 2.05. The Balaban J connectivity index is 1.85. The number of esters is 1. The van der Waals surface area contributed by atoms with Gasteiger partial charge in [0, 0.05) is 17.5 Å². The third-order valence-corrected chi connectivity index (χ3v) is 4.07. The molecule has 6 heteroatoms. The maximum atomic E-state index is 12.4. The van der Waals surface area contributed by atoms with Crippen molar-refractivity contribution in [1.29, 1.82) is 0 Å². The second-order valence-corrected chi connectivity index (χ2v) is 5.79. The van der Waals surface area contributed by atoms with E-state index in [0.29, 0.717) is 18.1 Å². The van der Waals surface area contributed by atoms with Crippen LogP contribution in [-0.4, -0.2) is 27.5 Å². The van der Waals surface area contributed by atoms with Crippen molar-refractivity contribution in [2.75, 3.05) is 6.61 Å². The van der Waals surface area contributed by atoms with Crippen molar-refractivity contribution >= 4 is 16.7 Å². The van der Waals surface area contributed by atoms with E-state index < -0.39 is 5.97 Å². The third kappa shape index (κ3) is 2.97. The molecule has 4 aromatic rings. The number of H-pyrrole nitrogens is 1. The van der Waals surface area contributed by atoms with E-state index in [1.165, 1.54) is 0 Å². The Bertz CT molecular complexity index is 1050. The summed E-state index contributed by atoms with van der Waals surface area (Å²) in [5.41, 5.74) is 1.86. The van der Waals surface area contributed by atoms with Crippen LogP contribution in [0.25, 0.3) is 22.1 Å². The number of aromatic amines is 1. The molecule has 0 unspecified atom stereocenters. The lowest BCUT2D eigenvalue weighted by Gasteiger charge is -2.05. The van der Waals surface area contributed by atoms with Crippen LogP contribution in [-0.2, 0) is 11.2 Å². The number of fused-ring (bicyclic) bond motifs is 1. The second-order valence-electron chi connectivity index (χ2n) is 5.79. The van der Waals surface area contributed by atoms with E-state index in [1.54, 1.807) is 19.4 Å². The monoisotopic (exact) mass is 347 g/mol. The predicted octanol–water partition coefficient (Wildman–Crippen LogP) is 3.99. The minimum atomic E-state index is -0.491. The summed E-state index contributed by atoms with van der Waals surface area (Å²) in [6.07, 6.45) is 3.71. The van der Waals surface area contributed by atoms with Gasteiger partial charge in [0.25, 0.3) is 0 Å². The lowest BCUT2D eigenvalue weighted by atomic mass is 10.0. The summed E-state index contributed by atoms with van der Waals surface area (Å²) in [6, 6.07) is 13.8. The molecule has 0 aliphatic heterocycles. The fourth-order valence-corrected chi connectivity index (χ4v) is 2.93. The van der Waals surface area contributed by atoms with Crippen LogP contribution in [0.2, 0.25) is 0 Å². The van der Waals surface area contributed by atoms with Gasteiger partial charge in [-0.15, -0.1) is 0 Å². The van der Waals surface area contributed by atoms with Crippen LogP contribution < -0.4 is 0 Å². The molecule has 0 bridgehead atoms. The highest BCUT2D eigenvalue weighted by atomic mass is 16.5. The van der Waals surface area contributed by atoms with Gasteiger partial charge in [-0.1, -0.05) is 42.5 Å². The molecule has 4 rings (SSSR count). The number of hydrogen-bond acceptors (Lipinski definition) is 5. The molecule has 0 aliphatic rings. The molecule has 1 N–H and O–H groups in total. The van der Waals surface area contributed by atoms with Gasteiger partial charge in [-0.2, -0.15) is 0 Å². The summed E-state index contributed by atoms with van der Waals surface area (Å²) >= 11 is 0. The van der Waals surface area contributed by atoms with E-state index in [0.717, 1.165) is 22.0 Å². The van der Waals surface area contributed by atoms with Crippen LogP contribution in [0, 0.1) is 0 Å². The second kappa shape index (κ2) is 6.84. The number of rotatable bonds is 5. The summed E-state index contributed by atoms with van der Waals surface area (Å²) in [6.45, 7) is 2.04. The molecule has 0 atom stereocenters. The Morgan fingerprint density at radius 1 is 1.19 bits per heavy atom. The Kier molecular flexibility index (Phi) is 4.23. The number of imidazole rings is 1. The van der Waals surface area contributed by atoms with E-state index in [2.05, 4.69) is 15.0 Å². The largest absolute Gasteiger partial charge is 0.461 e. The molecule has 0 amide bonds. The standard InChI is InChI=1S/C20H17N3O3/c1-2-25-20(24)18-19(26-17(23-18)10-14-11-21-12-22-14)16-9-5-7-13-6-3-4-8-15(13)16/h3-9,11-12H,2,10H2,1H3,(H,21,22). The highest BCUT2D eigenvalue weighted by Gasteiger charge is 2.24. The molecule has 0 saturated heterocycles. The minimum Gasteiger partial charge on any atom is -0.461 e. The van der Waals surface area contributed by atoms with E-state index in [4.69, 9.17) is 9.15 Å². The SMILES string of the molecule is CCOC(=O)c1nc(Cc2cnc[nH]2)oc1-c1cccc2ccccc12. The van der Waals surface area contributed by atoms with Crippen LogP contribution in [0.15, 0.2) is 59.4 Å². The lowest BCUT2D eigenvalue weighted by molar-refractivity contribution is 0.0520. The highest BCUT2D eigenvalue weighted by Crippen LogP contribution is 2.32. The number of nitrogens with one attached hydrogen (secondary N) is 1. The molecular formula is C20H17N3O3. The van der Waals surface area contributed by atoms with Crippen LogP contribution in [0.4, 0.5) is 0 Å². The fraction of sp³-hybridized carbons (Fsp3) is 0.150. The average molecular weight is 347 g/mol. The molecular weight excluding hydrogens is 330 g/mol. The number of carbonyl (C=O) groups excluding carboxylic acids is 1. The van der Waals surface area contributed by atoms with E-state index in [1.807, 2.05) is 42.5 Å². The molecule has 6 nitrogen and oxygen atoms in total. The number of nitrogens with zero attached hydrogens (tertiary/aromatic N) is 2. The summed E-state index contributed by atoms with van der Waals surface area (Å²) in [4.78, 5) is 23.8. The molecule has 130 valence electrons. The van der Waals surface area contributed by atoms with Gasteiger partial charge >= 0.3 is 5.97 Å². The molecule has 0 saturated carbocycles. The van der Waals surface area contributed by atoms with Crippen molar-refractivity contribution in [3.63, 3.8) is 0 Å². The first kappa shape index (κ1) is 16.1. The highest BCUT2D eigenvalue weighted by molar-refractivity contribution is 6.01. The number of carbonyl (C=O) groups is 1. The maximum Gasteiger partial charge on any atom is 0.360 e. The lowest BCUT2D eigenvalue weighted by Crippen LogP contribution is -2.07. The van der Waals surface area contributed by atoms with Crippen LogP contribution >= 0.6 is 0 Å². The number of aromatic nitrogens is 3. The first-order chi connectivity index (χ1) is 12.8. The van der Waals surface area contributed by atoms with Crippen LogP contribution in [0.5, 0.6) is 0 Å². The molecule has 2 heterocycles. The maximum absolute atomic E-state index is 12.4. The molecule has 26 heavy (non-hydrogen) atoms. The third-order valence-electron chi connectivity index (χ3n) is 4.07. The minimum absolute atomic E-state index is 0.192. The van der Waals surface area contributed by atoms with Crippen LogP contribution in [0.1, 0.15) is 29.0 Å². The van der Waals surface area contributed by atoms with Crippen molar-refractivity contribution in [2.24, 2.45) is 0 Å². The quantitative estimate of drug-likeness (QED) is 0.552. The topological polar surface area (TPSA) is 81.0 Å². The van der Waals surface area contributed by atoms with Gasteiger partial charge in [-0.25, -0.2) is 14.8 Å². The zero-order valence-corrected chi connectivity index (χ0v) is 14.2. The molecule has 2 aromatic heterocycles. The summed E-state index contributed by atoms with van der Waals surface area (Å²) in [5.74, 6) is 0.366. The van der Waals surface area contributed by atoms with E-state index >= 15 is 0 Å². The zero-order chi connectivity index (χ0) is 17.9. The van der Waals surface area contributed by atoms with Gasteiger partial charge in [0.2, 0.25) is 5.89 Å². The number of ether oxygens (including phenoxy) is 1. The van der Waals surface area contributed by atoms with Gasteiger partial charge in [-0.05, 0) is 17.7 Å². The summed E-state index contributed by atoms with van der Waals surface area (Å²) < 4.78 is 11.2. The smallest absolute Gasteiger partial charge is 0.360 e. The van der Waals surface area contributed by atoms with Crippen molar-refractivity contribution in [3.8, 4) is 11.3 Å². The summed E-state index contributed by atoms with van der Waals surface area (Å²) in [7, 11) is 0. The Morgan fingerprint density at radius 3 is 2.85 bits per heavy atom. The predicted molar refractivity (Wildman–Crippen MR) is 96.8 cm³/mol. The molecule has 0 radical (unpaired) electrons. The van der Waals surface area contributed by atoms with E-state index in [9.17, 15) is 4.79 Å². The van der Waals surface area contributed by atoms with Crippen molar-refractivity contribution in [1.82, 2.24) is 15.0 Å². The molecule has 0 aliphatic carbocycles. The molecule has 0 fully saturated rings. The Labute approximate surface area is 149 Å². The van der Waals surface area contributed by atoms with Crippen molar-refractivity contribution in [3.05, 3.63) is 72.3 Å².